The second kappa shape index (κ2) is 6.73. The standard InChI is InChI=1S/C18H30N2/c1-13(2)16-5-7-18(8-6-16)15(4)20-11-9-17(10-12-20)14(3)19/h5-8,13-15,17H,9-12,19H2,1-4H3. The molecule has 2 N–H and O–H groups in total. The van der Waals surface area contributed by atoms with Crippen molar-refractivity contribution in [1.29, 1.82) is 0 Å². The maximum absolute atomic E-state index is 6.03. The molecule has 112 valence electrons. The molecule has 1 aliphatic rings. The van der Waals surface area contributed by atoms with E-state index in [1.807, 2.05) is 0 Å². The average molecular weight is 274 g/mol. The fraction of sp³-hybridized carbons (Fsp3) is 0.667. The highest BCUT2D eigenvalue weighted by molar-refractivity contribution is 5.26. The van der Waals surface area contributed by atoms with Crippen LogP contribution in [0.15, 0.2) is 24.3 Å². The van der Waals surface area contributed by atoms with Crippen LogP contribution in [0, 0.1) is 5.92 Å². The minimum absolute atomic E-state index is 0.345. The Bertz CT molecular complexity index is 400. The molecule has 0 spiro atoms. The van der Waals surface area contributed by atoms with E-state index in [0.29, 0.717) is 23.9 Å². The lowest BCUT2D eigenvalue weighted by molar-refractivity contribution is 0.132. The number of nitrogens with zero attached hydrogens (tertiary/aromatic N) is 1. The molecule has 2 heteroatoms. The Hall–Kier alpha value is -0.860. The van der Waals surface area contributed by atoms with Gasteiger partial charge in [0, 0.05) is 12.1 Å². The van der Waals surface area contributed by atoms with Crippen LogP contribution in [0.3, 0.4) is 0 Å². The highest BCUT2D eigenvalue weighted by atomic mass is 15.2. The van der Waals surface area contributed by atoms with Crippen LogP contribution in [0.25, 0.3) is 0 Å². The first-order valence-electron chi connectivity index (χ1n) is 8.08. The normalized spacial score (nSPS) is 21.1. The summed E-state index contributed by atoms with van der Waals surface area (Å²) in [7, 11) is 0. The predicted octanol–water partition coefficient (Wildman–Crippen LogP) is 3.93. The Kier molecular flexibility index (Phi) is 5.22. The van der Waals surface area contributed by atoms with Gasteiger partial charge in [0.1, 0.15) is 0 Å². The second-order valence-corrected chi connectivity index (χ2v) is 6.73. The van der Waals surface area contributed by atoms with Crippen molar-refractivity contribution in [3.05, 3.63) is 35.4 Å². The van der Waals surface area contributed by atoms with Gasteiger partial charge in [0.2, 0.25) is 0 Å². The summed E-state index contributed by atoms with van der Waals surface area (Å²) in [6.07, 6.45) is 2.48. The van der Waals surface area contributed by atoms with Crippen molar-refractivity contribution in [2.24, 2.45) is 11.7 Å². The van der Waals surface area contributed by atoms with Crippen LogP contribution >= 0.6 is 0 Å². The van der Waals surface area contributed by atoms with E-state index < -0.39 is 0 Å². The zero-order valence-electron chi connectivity index (χ0n) is 13.5. The Morgan fingerprint density at radius 3 is 1.90 bits per heavy atom. The molecule has 1 aromatic carbocycles. The zero-order chi connectivity index (χ0) is 14.7. The molecular weight excluding hydrogens is 244 g/mol. The van der Waals surface area contributed by atoms with Gasteiger partial charge in [-0.15, -0.1) is 0 Å². The molecule has 1 aliphatic heterocycles. The molecule has 1 saturated heterocycles. The van der Waals surface area contributed by atoms with Crippen molar-refractivity contribution in [2.75, 3.05) is 13.1 Å². The highest BCUT2D eigenvalue weighted by Crippen LogP contribution is 2.28. The minimum Gasteiger partial charge on any atom is -0.328 e. The van der Waals surface area contributed by atoms with Crippen molar-refractivity contribution in [1.82, 2.24) is 4.90 Å². The van der Waals surface area contributed by atoms with Gasteiger partial charge in [-0.2, -0.15) is 0 Å². The number of nitrogens with two attached hydrogens (primary N) is 1. The third-order valence-corrected chi connectivity index (χ3v) is 4.95. The van der Waals surface area contributed by atoms with E-state index in [1.165, 1.54) is 37.1 Å². The molecule has 0 saturated carbocycles. The first kappa shape index (κ1) is 15.5. The van der Waals surface area contributed by atoms with Gasteiger partial charge >= 0.3 is 0 Å². The van der Waals surface area contributed by atoms with Crippen molar-refractivity contribution in [3.63, 3.8) is 0 Å². The first-order valence-corrected chi connectivity index (χ1v) is 8.08. The van der Waals surface area contributed by atoms with Crippen LogP contribution < -0.4 is 5.73 Å². The summed E-state index contributed by atoms with van der Waals surface area (Å²) in [5.41, 5.74) is 8.89. The van der Waals surface area contributed by atoms with E-state index >= 15 is 0 Å². The fourth-order valence-corrected chi connectivity index (χ4v) is 3.20. The van der Waals surface area contributed by atoms with Crippen molar-refractivity contribution >= 4 is 0 Å². The Morgan fingerprint density at radius 2 is 1.45 bits per heavy atom. The van der Waals surface area contributed by atoms with Crippen molar-refractivity contribution < 1.29 is 0 Å². The number of rotatable bonds is 4. The predicted molar refractivity (Wildman–Crippen MR) is 86.9 cm³/mol. The SMILES string of the molecule is CC(C)c1ccc(C(C)N2CCC(C(C)N)CC2)cc1. The molecule has 20 heavy (non-hydrogen) atoms. The maximum atomic E-state index is 6.03. The summed E-state index contributed by atoms with van der Waals surface area (Å²) in [5, 5.41) is 0. The summed E-state index contributed by atoms with van der Waals surface area (Å²) < 4.78 is 0. The quantitative estimate of drug-likeness (QED) is 0.901. The molecule has 1 aromatic rings. The molecular formula is C18H30N2. The summed E-state index contributed by atoms with van der Waals surface area (Å²) in [5.74, 6) is 1.32. The van der Waals surface area contributed by atoms with Crippen LogP contribution in [-0.2, 0) is 0 Å². The van der Waals surface area contributed by atoms with E-state index in [2.05, 4.69) is 56.9 Å². The van der Waals surface area contributed by atoms with Gasteiger partial charge in [0.25, 0.3) is 0 Å². The van der Waals surface area contributed by atoms with Crippen molar-refractivity contribution in [2.45, 2.75) is 58.5 Å². The Labute approximate surface area is 124 Å². The number of benzene rings is 1. The lowest BCUT2D eigenvalue weighted by Crippen LogP contribution is -2.40. The van der Waals surface area contributed by atoms with E-state index in [1.54, 1.807) is 0 Å². The molecule has 2 nitrogen and oxygen atoms in total. The van der Waals surface area contributed by atoms with E-state index in [4.69, 9.17) is 5.73 Å². The van der Waals surface area contributed by atoms with Crippen molar-refractivity contribution in [3.8, 4) is 0 Å². The summed E-state index contributed by atoms with van der Waals surface area (Å²) in [4.78, 5) is 2.60. The largest absolute Gasteiger partial charge is 0.328 e. The summed E-state index contributed by atoms with van der Waals surface area (Å²) >= 11 is 0. The zero-order valence-corrected chi connectivity index (χ0v) is 13.5. The molecule has 0 amide bonds. The van der Waals surface area contributed by atoms with Gasteiger partial charge in [-0.3, -0.25) is 4.90 Å². The number of likely N-dealkylation sites (tertiary alicyclic amines) is 1. The molecule has 0 bridgehead atoms. The Morgan fingerprint density at radius 1 is 0.950 bits per heavy atom. The third-order valence-electron chi connectivity index (χ3n) is 4.95. The third kappa shape index (κ3) is 3.62. The minimum atomic E-state index is 0.345. The second-order valence-electron chi connectivity index (χ2n) is 6.73. The van der Waals surface area contributed by atoms with Crippen LogP contribution in [0.1, 0.15) is 63.6 Å². The first-order chi connectivity index (χ1) is 9.49. The van der Waals surface area contributed by atoms with Gasteiger partial charge in [0.05, 0.1) is 0 Å². The van der Waals surface area contributed by atoms with E-state index in [9.17, 15) is 0 Å². The van der Waals surface area contributed by atoms with Crippen LogP contribution in [0.2, 0.25) is 0 Å². The van der Waals surface area contributed by atoms with E-state index in [-0.39, 0.29) is 0 Å². The van der Waals surface area contributed by atoms with Gasteiger partial charge in [0.15, 0.2) is 0 Å². The summed E-state index contributed by atoms with van der Waals surface area (Å²) in [6, 6.07) is 10.0. The van der Waals surface area contributed by atoms with Gasteiger partial charge < -0.3 is 5.73 Å². The lowest BCUT2D eigenvalue weighted by Gasteiger charge is -2.37. The van der Waals surface area contributed by atoms with Gasteiger partial charge in [-0.25, -0.2) is 0 Å². The van der Waals surface area contributed by atoms with Crippen LogP contribution in [0.5, 0.6) is 0 Å². The number of hydrogen-bond donors (Lipinski definition) is 1. The van der Waals surface area contributed by atoms with E-state index in [0.717, 1.165) is 0 Å². The molecule has 0 aromatic heterocycles. The number of piperidine rings is 1. The highest BCUT2D eigenvalue weighted by Gasteiger charge is 2.25. The number of hydrogen-bond acceptors (Lipinski definition) is 2. The monoisotopic (exact) mass is 274 g/mol. The average Bonchev–Trinajstić information content (AvgIpc) is 2.46. The maximum Gasteiger partial charge on any atom is 0.0319 e. The molecule has 0 aliphatic carbocycles. The van der Waals surface area contributed by atoms with Crippen LogP contribution in [-0.4, -0.2) is 24.0 Å². The van der Waals surface area contributed by atoms with Gasteiger partial charge in [-0.05, 0) is 62.7 Å². The molecule has 2 rings (SSSR count). The van der Waals surface area contributed by atoms with Gasteiger partial charge in [-0.1, -0.05) is 38.1 Å². The Balaban J connectivity index is 1.96. The van der Waals surface area contributed by atoms with Crippen LogP contribution in [0.4, 0.5) is 0 Å². The lowest BCUT2D eigenvalue weighted by atomic mass is 9.89. The molecule has 2 unspecified atom stereocenters. The topological polar surface area (TPSA) is 29.3 Å². The molecule has 1 fully saturated rings. The molecule has 2 atom stereocenters. The summed E-state index contributed by atoms with van der Waals surface area (Å²) in [6.45, 7) is 11.3. The smallest absolute Gasteiger partial charge is 0.0319 e. The molecule has 1 heterocycles. The fourth-order valence-electron chi connectivity index (χ4n) is 3.20. The molecule has 0 radical (unpaired) electrons.